The van der Waals surface area contributed by atoms with Gasteiger partial charge in [-0.3, -0.25) is 9.69 Å². The second-order valence-corrected chi connectivity index (χ2v) is 8.59. The number of piperidine rings is 2. The predicted octanol–water partition coefficient (Wildman–Crippen LogP) is 4.14. The van der Waals surface area contributed by atoms with E-state index in [4.69, 9.17) is 14.2 Å². The first kappa shape index (κ1) is 23.4. The molecule has 2 aliphatic heterocycles. The normalized spacial score (nSPS) is 18.2. The van der Waals surface area contributed by atoms with Crippen molar-refractivity contribution in [1.82, 2.24) is 9.80 Å². The summed E-state index contributed by atoms with van der Waals surface area (Å²) < 4.78 is 30.8. The van der Waals surface area contributed by atoms with Crippen LogP contribution < -0.4 is 14.2 Å². The summed E-state index contributed by atoms with van der Waals surface area (Å²) in [5.74, 6) is 1.53. The average Bonchev–Trinajstić information content (AvgIpc) is 2.86. The highest BCUT2D eigenvalue weighted by atomic mass is 19.1. The Morgan fingerprint density at radius 3 is 2.18 bits per heavy atom. The number of likely N-dealkylation sites (tertiary alicyclic amines) is 2. The lowest BCUT2D eigenvalue weighted by atomic mass is 9.99. The Balaban J connectivity index is 1.16. The number of para-hydroxylation sites is 1. The molecule has 2 heterocycles. The monoisotopic (exact) mass is 456 g/mol. The third kappa shape index (κ3) is 6.38. The van der Waals surface area contributed by atoms with E-state index in [2.05, 4.69) is 4.90 Å². The fraction of sp³-hybridized carbons (Fsp3) is 0.500. The molecular formula is C26H33FN2O4. The zero-order valence-corrected chi connectivity index (χ0v) is 19.2. The standard InChI is InChI=1S/C26H33FN2O4/c1-2-31-21-7-9-22(10-8-21)32-19-26(30)29-15-11-20(12-16-29)28-17-13-23(14-18-28)33-25-6-4-3-5-24(25)27/h3-10,20,23H,2,11-19H2,1H3. The molecular weight excluding hydrogens is 423 g/mol. The molecule has 1 amide bonds. The predicted molar refractivity (Wildman–Crippen MR) is 124 cm³/mol. The van der Waals surface area contributed by atoms with Crippen molar-refractivity contribution >= 4 is 5.91 Å². The fourth-order valence-corrected chi connectivity index (χ4v) is 4.59. The van der Waals surface area contributed by atoms with Crippen LogP contribution in [0.3, 0.4) is 0 Å². The molecule has 0 aliphatic carbocycles. The van der Waals surface area contributed by atoms with Gasteiger partial charge in [0.15, 0.2) is 18.2 Å². The summed E-state index contributed by atoms with van der Waals surface area (Å²) in [6, 6.07) is 14.4. The van der Waals surface area contributed by atoms with E-state index < -0.39 is 0 Å². The lowest BCUT2D eigenvalue weighted by molar-refractivity contribution is -0.135. The molecule has 0 unspecified atom stereocenters. The van der Waals surface area contributed by atoms with E-state index >= 15 is 0 Å². The van der Waals surface area contributed by atoms with Crippen molar-refractivity contribution in [1.29, 1.82) is 0 Å². The van der Waals surface area contributed by atoms with Gasteiger partial charge < -0.3 is 19.1 Å². The van der Waals surface area contributed by atoms with Gasteiger partial charge in [-0.05, 0) is 69.0 Å². The quantitative estimate of drug-likeness (QED) is 0.598. The van der Waals surface area contributed by atoms with E-state index in [1.54, 1.807) is 18.2 Å². The highest BCUT2D eigenvalue weighted by molar-refractivity contribution is 5.77. The van der Waals surface area contributed by atoms with E-state index in [1.807, 2.05) is 36.1 Å². The summed E-state index contributed by atoms with van der Waals surface area (Å²) in [6.07, 6.45) is 3.77. The van der Waals surface area contributed by atoms with Crippen LogP contribution in [0.2, 0.25) is 0 Å². The number of benzene rings is 2. The van der Waals surface area contributed by atoms with Crippen LogP contribution in [0, 0.1) is 5.82 Å². The number of hydrogen-bond acceptors (Lipinski definition) is 5. The van der Waals surface area contributed by atoms with Crippen molar-refractivity contribution in [2.45, 2.75) is 44.8 Å². The van der Waals surface area contributed by atoms with Gasteiger partial charge in [0.05, 0.1) is 6.61 Å². The zero-order valence-electron chi connectivity index (χ0n) is 19.2. The van der Waals surface area contributed by atoms with Crippen molar-refractivity contribution in [3.63, 3.8) is 0 Å². The Bertz CT molecular complexity index is 891. The van der Waals surface area contributed by atoms with Crippen molar-refractivity contribution in [3.05, 3.63) is 54.3 Å². The van der Waals surface area contributed by atoms with Crippen LogP contribution >= 0.6 is 0 Å². The van der Waals surface area contributed by atoms with E-state index in [1.165, 1.54) is 6.07 Å². The molecule has 6 nitrogen and oxygen atoms in total. The summed E-state index contributed by atoms with van der Waals surface area (Å²) in [7, 11) is 0. The molecule has 2 saturated heterocycles. The molecule has 33 heavy (non-hydrogen) atoms. The largest absolute Gasteiger partial charge is 0.494 e. The Kier molecular flexibility index (Phi) is 8.05. The minimum atomic E-state index is -0.302. The molecule has 2 fully saturated rings. The molecule has 0 atom stereocenters. The molecule has 0 aromatic heterocycles. The Hall–Kier alpha value is -2.80. The van der Waals surface area contributed by atoms with Gasteiger partial charge in [-0.2, -0.15) is 0 Å². The molecule has 0 bridgehead atoms. The number of rotatable bonds is 8. The summed E-state index contributed by atoms with van der Waals surface area (Å²) >= 11 is 0. The molecule has 178 valence electrons. The molecule has 4 rings (SSSR count). The SMILES string of the molecule is CCOc1ccc(OCC(=O)N2CCC(N3CCC(Oc4ccccc4F)CC3)CC2)cc1. The lowest BCUT2D eigenvalue weighted by Gasteiger charge is -2.41. The van der Waals surface area contributed by atoms with Crippen LogP contribution in [0.1, 0.15) is 32.6 Å². The maximum absolute atomic E-state index is 13.8. The topological polar surface area (TPSA) is 51.2 Å². The molecule has 0 N–H and O–H groups in total. The third-order valence-electron chi connectivity index (χ3n) is 6.44. The van der Waals surface area contributed by atoms with Gasteiger partial charge in [-0.15, -0.1) is 0 Å². The van der Waals surface area contributed by atoms with Crippen LogP contribution in [0.4, 0.5) is 4.39 Å². The van der Waals surface area contributed by atoms with Crippen LogP contribution in [0.15, 0.2) is 48.5 Å². The fourth-order valence-electron chi connectivity index (χ4n) is 4.59. The molecule has 2 aliphatic rings. The van der Waals surface area contributed by atoms with Crippen molar-refractivity contribution in [2.24, 2.45) is 0 Å². The van der Waals surface area contributed by atoms with Crippen molar-refractivity contribution in [2.75, 3.05) is 39.4 Å². The summed E-state index contributed by atoms with van der Waals surface area (Å²) in [5, 5.41) is 0. The molecule has 2 aromatic carbocycles. The van der Waals surface area contributed by atoms with Gasteiger partial charge in [0, 0.05) is 32.2 Å². The zero-order chi connectivity index (χ0) is 23.0. The molecule has 2 aromatic rings. The first-order valence-electron chi connectivity index (χ1n) is 11.9. The summed E-state index contributed by atoms with van der Waals surface area (Å²) in [5.41, 5.74) is 0. The molecule has 0 radical (unpaired) electrons. The molecule has 0 spiro atoms. The Labute approximate surface area is 195 Å². The minimum absolute atomic E-state index is 0.0272. The Morgan fingerprint density at radius 1 is 0.909 bits per heavy atom. The molecule has 0 saturated carbocycles. The maximum atomic E-state index is 13.8. The Morgan fingerprint density at radius 2 is 1.55 bits per heavy atom. The summed E-state index contributed by atoms with van der Waals surface area (Å²) in [6.45, 7) is 6.00. The number of nitrogens with zero attached hydrogens (tertiary/aromatic N) is 2. The smallest absolute Gasteiger partial charge is 0.260 e. The lowest BCUT2D eigenvalue weighted by Crippen LogP contribution is -2.50. The van der Waals surface area contributed by atoms with E-state index in [0.717, 1.165) is 57.6 Å². The highest BCUT2D eigenvalue weighted by Crippen LogP contribution is 2.25. The van der Waals surface area contributed by atoms with Crippen molar-refractivity contribution in [3.8, 4) is 17.2 Å². The third-order valence-corrected chi connectivity index (χ3v) is 6.44. The second kappa shape index (κ2) is 11.4. The van der Waals surface area contributed by atoms with Crippen LogP contribution in [-0.2, 0) is 4.79 Å². The minimum Gasteiger partial charge on any atom is -0.494 e. The number of carbonyl (C=O) groups excluding carboxylic acids is 1. The van der Waals surface area contributed by atoms with Gasteiger partial charge in [0.2, 0.25) is 0 Å². The van der Waals surface area contributed by atoms with Gasteiger partial charge in [-0.1, -0.05) is 12.1 Å². The van der Waals surface area contributed by atoms with Crippen LogP contribution in [0.25, 0.3) is 0 Å². The number of carbonyl (C=O) groups is 1. The number of halogens is 1. The van der Waals surface area contributed by atoms with Gasteiger partial charge in [-0.25, -0.2) is 4.39 Å². The van der Waals surface area contributed by atoms with Crippen LogP contribution in [-0.4, -0.2) is 67.2 Å². The van der Waals surface area contributed by atoms with E-state index in [-0.39, 0.29) is 24.4 Å². The number of hydrogen-bond donors (Lipinski definition) is 0. The number of ether oxygens (including phenoxy) is 3. The summed E-state index contributed by atoms with van der Waals surface area (Å²) in [4.78, 5) is 17.0. The van der Waals surface area contributed by atoms with E-state index in [9.17, 15) is 9.18 Å². The average molecular weight is 457 g/mol. The maximum Gasteiger partial charge on any atom is 0.260 e. The van der Waals surface area contributed by atoms with Gasteiger partial charge in [0.25, 0.3) is 5.91 Å². The molecule has 7 heteroatoms. The first-order chi connectivity index (χ1) is 16.1. The van der Waals surface area contributed by atoms with Crippen LogP contribution in [0.5, 0.6) is 17.2 Å². The van der Waals surface area contributed by atoms with E-state index in [0.29, 0.717) is 24.1 Å². The van der Waals surface area contributed by atoms with Gasteiger partial charge >= 0.3 is 0 Å². The first-order valence-corrected chi connectivity index (χ1v) is 11.9. The highest BCUT2D eigenvalue weighted by Gasteiger charge is 2.30. The second-order valence-electron chi connectivity index (χ2n) is 8.59. The van der Waals surface area contributed by atoms with Gasteiger partial charge in [0.1, 0.15) is 17.6 Å². The van der Waals surface area contributed by atoms with Crippen molar-refractivity contribution < 1.29 is 23.4 Å². The number of amides is 1.